The number of aromatic amines is 1. The molecule has 1 aromatic rings. The van der Waals surface area contributed by atoms with Crippen LogP contribution in [0.15, 0.2) is 12.3 Å². The Kier molecular flexibility index (Phi) is 2.95. The number of hydrogen-bond donors (Lipinski definition) is 3. The van der Waals surface area contributed by atoms with Gasteiger partial charge in [0.15, 0.2) is 0 Å². The molecule has 3 N–H and O–H groups in total. The number of aromatic hydroxyl groups is 1. The predicted molar refractivity (Wildman–Crippen MR) is 49.6 cm³/mol. The number of hydrogen-bond acceptors (Lipinski definition) is 2. The van der Waals surface area contributed by atoms with E-state index in [9.17, 15) is 4.79 Å². The van der Waals surface area contributed by atoms with Crippen molar-refractivity contribution in [1.29, 1.82) is 0 Å². The Morgan fingerprint density at radius 2 is 2.38 bits per heavy atom. The maximum absolute atomic E-state index is 11.3. The first-order valence-corrected chi connectivity index (χ1v) is 4.25. The van der Waals surface area contributed by atoms with Gasteiger partial charge < -0.3 is 15.4 Å². The molecule has 0 saturated heterocycles. The van der Waals surface area contributed by atoms with Crippen molar-refractivity contribution in [2.75, 3.05) is 6.54 Å². The van der Waals surface area contributed by atoms with Crippen LogP contribution in [0, 0.1) is 5.92 Å². The number of carbonyl (C=O) groups excluding carboxylic acids is 1. The minimum atomic E-state index is -0.186. The van der Waals surface area contributed by atoms with Gasteiger partial charge in [0, 0.05) is 18.8 Å². The highest BCUT2D eigenvalue weighted by Gasteiger charge is 2.07. The van der Waals surface area contributed by atoms with Crippen LogP contribution in [0.4, 0.5) is 0 Å². The average Bonchev–Trinajstić information content (AvgIpc) is 2.47. The van der Waals surface area contributed by atoms with Crippen molar-refractivity contribution in [3.05, 3.63) is 18.0 Å². The normalized spacial score (nSPS) is 10.4. The molecule has 0 unspecified atom stereocenters. The van der Waals surface area contributed by atoms with Crippen LogP contribution in [0.5, 0.6) is 5.75 Å². The van der Waals surface area contributed by atoms with Crippen molar-refractivity contribution in [3.63, 3.8) is 0 Å². The fraction of sp³-hybridized carbons (Fsp3) is 0.444. The zero-order chi connectivity index (χ0) is 9.84. The van der Waals surface area contributed by atoms with Crippen LogP contribution in [0.25, 0.3) is 0 Å². The fourth-order valence-corrected chi connectivity index (χ4v) is 0.906. The molecule has 0 aromatic carbocycles. The molecular weight excluding hydrogens is 168 g/mol. The summed E-state index contributed by atoms with van der Waals surface area (Å²) >= 11 is 0. The Morgan fingerprint density at radius 3 is 2.85 bits per heavy atom. The maximum atomic E-state index is 11.3. The highest BCUT2D eigenvalue weighted by Crippen LogP contribution is 2.08. The van der Waals surface area contributed by atoms with Crippen molar-refractivity contribution >= 4 is 5.91 Å². The zero-order valence-electron chi connectivity index (χ0n) is 7.79. The molecule has 0 bridgehead atoms. The van der Waals surface area contributed by atoms with Gasteiger partial charge in [-0.1, -0.05) is 13.8 Å². The second-order valence-electron chi connectivity index (χ2n) is 3.38. The van der Waals surface area contributed by atoms with Gasteiger partial charge in [0.2, 0.25) is 0 Å². The predicted octanol–water partition coefficient (Wildman–Crippen LogP) is 1.11. The lowest BCUT2D eigenvalue weighted by atomic mass is 10.2. The average molecular weight is 182 g/mol. The van der Waals surface area contributed by atoms with Gasteiger partial charge in [-0.25, -0.2) is 0 Å². The molecule has 0 aliphatic heterocycles. The van der Waals surface area contributed by atoms with E-state index in [0.29, 0.717) is 18.2 Å². The Morgan fingerprint density at radius 1 is 1.69 bits per heavy atom. The summed E-state index contributed by atoms with van der Waals surface area (Å²) in [6, 6.07) is 1.40. The molecule has 72 valence electrons. The second kappa shape index (κ2) is 3.98. The minimum Gasteiger partial charge on any atom is -0.506 e. The summed E-state index contributed by atoms with van der Waals surface area (Å²) in [7, 11) is 0. The SMILES string of the molecule is CC(C)CNC(=O)c1cc(O)c[nH]1. The monoisotopic (exact) mass is 182 g/mol. The summed E-state index contributed by atoms with van der Waals surface area (Å²) in [5.74, 6) is 0.316. The molecule has 1 heterocycles. The topological polar surface area (TPSA) is 65.1 Å². The molecule has 1 amide bonds. The van der Waals surface area contributed by atoms with Gasteiger partial charge in [-0.15, -0.1) is 0 Å². The molecule has 0 radical (unpaired) electrons. The first-order chi connectivity index (χ1) is 6.09. The van der Waals surface area contributed by atoms with E-state index in [1.807, 2.05) is 13.8 Å². The van der Waals surface area contributed by atoms with Crippen LogP contribution in [0.3, 0.4) is 0 Å². The number of carbonyl (C=O) groups is 1. The Bertz CT molecular complexity index is 292. The highest BCUT2D eigenvalue weighted by atomic mass is 16.3. The smallest absolute Gasteiger partial charge is 0.267 e. The van der Waals surface area contributed by atoms with Crippen molar-refractivity contribution < 1.29 is 9.90 Å². The van der Waals surface area contributed by atoms with Crippen molar-refractivity contribution in [1.82, 2.24) is 10.3 Å². The summed E-state index contributed by atoms with van der Waals surface area (Å²) in [6.07, 6.45) is 1.38. The molecule has 1 aromatic heterocycles. The van der Waals surface area contributed by atoms with Gasteiger partial charge >= 0.3 is 0 Å². The summed E-state index contributed by atoms with van der Waals surface area (Å²) in [6.45, 7) is 4.68. The number of H-pyrrole nitrogens is 1. The van der Waals surface area contributed by atoms with E-state index in [1.165, 1.54) is 12.3 Å². The Labute approximate surface area is 77.0 Å². The molecule has 4 heteroatoms. The molecule has 0 saturated carbocycles. The van der Waals surface area contributed by atoms with E-state index in [1.54, 1.807) is 0 Å². The lowest BCUT2D eigenvalue weighted by Crippen LogP contribution is -2.27. The van der Waals surface area contributed by atoms with E-state index in [0.717, 1.165) is 0 Å². The standard InChI is InChI=1S/C9H14N2O2/c1-6(2)4-11-9(13)8-3-7(12)5-10-8/h3,5-6,10,12H,4H2,1-2H3,(H,11,13). The van der Waals surface area contributed by atoms with Gasteiger partial charge in [0.05, 0.1) is 0 Å². The van der Waals surface area contributed by atoms with Gasteiger partial charge in [-0.2, -0.15) is 0 Å². The van der Waals surface area contributed by atoms with Crippen LogP contribution in [-0.2, 0) is 0 Å². The molecule has 0 spiro atoms. The van der Waals surface area contributed by atoms with E-state index in [2.05, 4.69) is 10.3 Å². The van der Waals surface area contributed by atoms with E-state index < -0.39 is 0 Å². The fourth-order valence-electron chi connectivity index (χ4n) is 0.906. The van der Waals surface area contributed by atoms with Crippen LogP contribution in [0.1, 0.15) is 24.3 Å². The van der Waals surface area contributed by atoms with Gasteiger partial charge in [-0.05, 0) is 5.92 Å². The van der Waals surface area contributed by atoms with Gasteiger partial charge in [0.1, 0.15) is 11.4 Å². The first-order valence-electron chi connectivity index (χ1n) is 4.25. The third kappa shape index (κ3) is 2.82. The largest absolute Gasteiger partial charge is 0.506 e. The van der Waals surface area contributed by atoms with Crippen LogP contribution in [0.2, 0.25) is 0 Å². The van der Waals surface area contributed by atoms with Crippen LogP contribution in [-0.4, -0.2) is 22.5 Å². The molecule has 1 rings (SSSR count). The second-order valence-corrected chi connectivity index (χ2v) is 3.38. The van der Waals surface area contributed by atoms with Crippen LogP contribution < -0.4 is 5.32 Å². The Hall–Kier alpha value is -1.45. The maximum Gasteiger partial charge on any atom is 0.267 e. The third-order valence-electron chi connectivity index (χ3n) is 1.58. The van der Waals surface area contributed by atoms with Gasteiger partial charge in [0.25, 0.3) is 5.91 Å². The van der Waals surface area contributed by atoms with E-state index >= 15 is 0 Å². The zero-order valence-corrected chi connectivity index (χ0v) is 7.79. The number of amides is 1. The van der Waals surface area contributed by atoms with Crippen molar-refractivity contribution in [2.45, 2.75) is 13.8 Å². The first kappa shape index (κ1) is 9.64. The quantitative estimate of drug-likeness (QED) is 0.655. The Balaban J connectivity index is 2.49. The molecular formula is C9H14N2O2. The van der Waals surface area contributed by atoms with Gasteiger partial charge in [-0.3, -0.25) is 4.79 Å². The number of nitrogens with one attached hydrogen (secondary N) is 2. The molecule has 13 heavy (non-hydrogen) atoms. The molecule has 0 aliphatic carbocycles. The summed E-state index contributed by atoms with van der Waals surface area (Å²) in [5, 5.41) is 11.7. The van der Waals surface area contributed by atoms with Crippen LogP contribution >= 0.6 is 0 Å². The molecule has 4 nitrogen and oxygen atoms in total. The highest BCUT2D eigenvalue weighted by molar-refractivity contribution is 5.92. The lowest BCUT2D eigenvalue weighted by Gasteiger charge is -2.05. The molecule has 0 fully saturated rings. The summed E-state index contributed by atoms with van der Waals surface area (Å²) in [4.78, 5) is 14.0. The van der Waals surface area contributed by atoms with Crippen molar-refractivity contribution in [3.8, 4) is 5.75 Å². The molecule has 0 aliphatic rings. The summed E-state index contributed by atoms with van der Waals surface area (Å²) in [5.41, 5.74) is 0.387. The number of rotatable bonds is 3. The third-order valence-corrected chi connectivity index (χ3v) is 1.58. The number of aromatic nitrogens is 1. The molecule has 0 atom stereocenters. The van der Waals surface area contributed by atoms with E-state index in [-0.39, 0.29) is 11.7 Å². The summed E-state index contributed by atoms with van der Waals surface area (Å²) < 4.78 is 0. The lowest BCUT2D eigenvalue weighted by molar-refractivity contribution is 0.0944. The van der Waals surface area contributed by atoms with Crippen molar-refractivity contribution in [2.24, 2.45) is 5.92 Å². The van der Waals surface area contributed by atoms with E-state index in [4.69, 9.17) is 5.11 Å². The minimum absolute atomic E-state index is 0.0784.